The van der Waals surface area contributed by atoms with Crippen molar-refractivity contribution in [1.82, 2.24) is 15.5 Å². The molecular weight excluding hydrogens is 354 g/mol. The van der Waals surface area contributed by atoms with Crippen molar-refractivity contribution in [3.63, 3.8) is 0 Å². The number of carboxylic acids is 1. The molecule has 0 bridgehead atoms. The van der Waals surface area contributed by atoms with E-state index in [0.717, 1.165) is 0 Å². The molecular formula is C18H31N3O6. The van der Waals surface area contributed by atoms with Gasteiger partial charge < -0.3 is 25.7 Å². The summed E-state index contributed by atoms with van der Waals surface area (Å²) in [5.41, 5.74) is 0. The normalized spacial score (nSPS) is 21.9. The minimum atomic E-state index is -1.14. The number of hydrogen-bond acceptors (Lipinski definition) is 5. The number of carbonyl (C=O) groups excluding carboxylic acids is 3. The Labute approximate surface area is 159 Å². The molecule has 0 aromatic rings. The summed E-state index contributed by atoms with van der Waals surface area (Å²) in [5.74, 6) is -2.83. The van der Waals surface area contributed by atoms with E-state index in [4.69, 9.17) is 0 Å². The standard InChI is InChI=1S/C18H31N3O6/c1-9(2)6-13(16(24)20-15(10(3)4)18(26)27)19-17(25)14-7-12(23)8-21(14)11(5)22/h9-10,12-15,23H,6-8H2,1-5H3,(H,19,25)(H,20,24)(H,26,27)/t12-,13-,14-,15-/m0/s1. The number of aliphatic hydroxyl groups is 1. The van der Waals surface area contributed by atoms with Crippen molar-refractivity contribution in [2.45, 2.75) is 71.7 Å². The maximum Gasteiger partial charge on any atom is 0.326 e. The molecule has 9 heteroatoms. The second-order valence-corrected chi connectivity index (χ2v) is 7.84. The molecule has 0 aliphatic carbocycles. The van der Waals surface area contributed by atoms with Gasteiger partial charge in [0.2, 0.25) is 17.7 Å². The number of likely N-dealkylation sites (tertiary alicyclic amines) is 1. The van der Waals surface area contributed by atoms with Gasteiger partial charge in [-0.1, -0.05) is 27.7 Å². The molecule has 0 aromatic heterocycles. The van der Waals surface area contributed by atoms with Gasteiger partial charge in [-0.3, -0.25) is 14.4 Å². The lowest BCUT2D eigenvalue weighted by Gasteiger charge is -2.27. The number of aliphatic carboxylic acids is 1. The van der Waals surface area contributed by atoms with Crippen LogP contribution in [0.2, 0.25) is 0 Å². The monoisotopic (exact) mass is 385 g/mol. The number of rotatable bonds is 8. The van der Waals surface area contributed by atoms with Crippen molar-refractivity contribution in [2.75, 3.05) is 6.54 Å². The second kappa shape index (κ2) is 9.68. The third-order valence-corrected chi connectivity index (χ3v) is 4.56. The largest absolute Gasteiger partial charge is 0.480 e. The third-order valence-electron chi connectivity index (χ3n) is 4.56. The predicted octanol–water partition coefficient (Wildman–Crippen LogP) is -0.276. The molecule has 154 valence electrons. The van der Waals surface area contributed by atoms with E-state index in [2.05, 4.69) is 10.6 Å². The van der Waals surface area contributed by atoms with Crippen molar-refractivity contribution in [3.05, 3.63) is 0 Å². The van der Waals surface area contributed by atoms with E-state index in [0.29, 0.717) is 6.42 Å². The van der Waals surface area contributed by atoms with E-state index >= 15 is 0 Å². The van der Waals surface area contributed by atoms with Crippen LogP contribution in [-0.2, 0) is 19.2 Å². The van der Waals surface area contributed by atoms with E-state index in [1.807, 2.05) is 13.8 Å². The van der Waals surface area contributed by atoms with E-state index in [1.54, 1.807) is 13.8 Å². The molecule has 1 heterocycles. The maximum absolute atomic E-state index is 12.6. The topological polar surface area (TPSA) is 136 Å². The molecule has 1 fully saturated rings. The Bertz CT molecular complexity index is 577. The smallest absolute Gasteiger partial charge is 0.326 e. The molecule has 4 atom stereocenters. The first-order chi connectivity index (χ1) is 12.4. The average Bonchev–Trinajstić information content (AvgIpc) is 2.92. The molecule has 1 saturated heterocycles. The minimum Gasteiger partial charge on any atom is -0.480 e. The first-order valence-corrected chi connectivity index (χ1v) is 9.22. The maximum atomic E-state index is 12.6. The van der Waals surface area contributed by atoms with Gasteiger partial charge in [-0.15, -0.1) is 0 Å². The molecule has 4 N–H and O–H groups in total. The van der Waals surface area contributed by atoms with Crippen LogP contribution >= 0.6 is 0 Å². The van der Waals surface area contributed by atoms with Gasteiger partial charge in [-0.05, 0) is 18.3 Å². The Balaban J connectivity index is 2.90. The molecule has 1 rings (SSSR count). The van der Waals surface area contributed by atoms with Crippen molar-refractivity contribution in [3.8, 4) is 0 Å². The van der Waals surface area contributed by atoms with Crippen LogP contribution in [0.3, 0.4) is 0 Å². The molecule has 0 unspecified atom stereocenters. The number of carboxylic acid groups (broad SMARTS) is 1. The zero-order valence-corrected chi connectivity index (χ0v) is 16.6. The number of aliphatic hydroxyl groups excluding tert-OH is 1. The molecule has 0 radical (unpaired) electrons. The number of carbonyl (C=O) groups is 4. The summed E-state index contributed by atoms with van der Waals surface area (Å²) in [6.07, 6.45) is -0.373. The lowest BCUT2D eigenvalue weighted by Crippen LogP contribution is -2.56. The van der Waals surface area contributed by atoms with E-state index in [-0.39, 0.29) is 30.7 Å². The molecule has 3 amide bonds. The fraction of sp³-hybridized carbons (Fsp3) is 0.778. The first-order valence-electron chi connectivity index (χ1n) is 9.22. The van der Waals surface area contributed by atoms with Crippen molar-refractivity contribution >= 4 is 23.7 Å². The van der Waals surface area contributed by atoms with Crippen LogP contribution < -0.4 is 10.6 Å². The number of hydrogen-bond donors (Lipinski definition) is 4. The quantitative estimate of drug-likeness (QED) is 0.454. The number of nitrogens with zero attached hydrogens (tertiary/aromatic N) is 1. The van der Waals surface area contributed by atoms with Crippen LogP contribution in [0.1, 0.15) is 47.5 Å². The predicted molar refractivity (Wildman–Crippen MR) is 97.6 cm³/mol. The lowest BCUT2D eigenvalue weighted by molar-refractivity contribution is -0.144. The molecule has 9 nitrogen and oxygen atoms in total. The zero-order chi connectivity index (χ0) is 20.9. The van der Waals surface area contributed by atoms with Crippen molar-refractivity contribution < 1.29 is 29.4 Å². The average molecular weight is 385 g/mol. The third kappa shape index (κ3) is 6.50. The van der Waals surface area contributed by atoms with Crippen molar-refractivity contribution in [1.29, 1.82) is 0 Å². The Hall–Kier alpha value is -2.16. The fourth-order valence-electron chi connectivity index (χ4n) is 3.15. The van der Waals surface area contributed by atoms with Crippen molar-refractivity contribution in [2.24, 2.45) is 11.8 Å². The van der Waals surface area contributed by atoms with Gasteiger partial charge in [-0.25, -0.2) is 4.79 Å². The van der Waals surface area contributed by atoms with E-state index in [1.165, 1.54) is 11.8 Å². The number of amides is 3. The molecule has 0 spiro atoms. The van der Waals surface area contributed by atoms with Crippen LogP contribution in [0.5, 0.6) is 0 Å². The van der Waals surface area contributed by atoms with Crippen LogP contribution in [0.15, 0.2) is 0 Å². The van der Waals surface area contributed by atoms with Gasteiger partial charge in [0.15, 0.2) is 0 Å². The van der Waals surface area contributed by atoms with Gasteiger partial charge in [0.1, 0.15) is 18.1 Å². The van der Waals surface area contributed by atoms with Gasteiger partial charge in [0.25, 0.3) is 0 Å². The van der Waals surface area contributed by atoms with Crippen LogP contribution in [-0.4, -0.2) is 69.6 Å². The van der Waals surface area contributed by atoms with E-state index < -0.39 is 42.0 Å². The Kier molecular flexibility index (Phi) is 8.20. The molecule has 1 aliphatic rings. The highest BCUT2D eigenvalue weighted by Crippen LogP contribution is 2.19. The summed E-state index contributed by atoms with van der Waals surface area (Å²) in [4.78, 5) is 49.6. The highest BCUT2D eigenvalue weighted by atomic mass is 16.4. The highest BCUT2D eigenvalue weighted by Gasteiger charge is 2.39. The van der Waals surface area contributed by atoms with Crippen LogP contribution in [0.4, 0.5) is 0 Å². The lowest BCUT2D eigenvalue weighted by atomic mass is 10.00. The van der Waals surface area contributed by atoms with E-state index in [9.17, 15) is 29.4 Å². The number of β-amino-alcohol motifs (C(OH)–C–C–N with tert-alkyl or cyclic N) is 1. The zero-order valence-electron chi connectivity index (χ0n) is 16.6. The number of nitrogens with one attached hydrogen (secondary N) is 2. The van der Waals surface area contributed by atoms with Crippen LogP contribution in [0.25, 0.3) is 0 Å². The second-order valence-electron chi connectivity index (χ2n) is 7.84. The Morgan fingerprint density at radius 2 is 1.70 bits per heavy atom. The minimum absolute atomic E-state index is 0.0708. The first kappa shape index (κ1) is 22.9. The van der Waals surface area contributed by atoms with Gasteiger partial charge in [0.05, 0.1) is 6.10 Å². The Morgan fingerprint density at radius 1 is 1.11 bits per heavy atom. The van der Waals surface area contributed by atoms with Gasteiger partial charge in [-0.2, -0.15) is 0 Å². The molecule has 1 aliphatic heterocycles. The van der Waals surface area contributed by atoms with Gasteiger partial charge >= 0.3 is 5.97 Å². The summed E-state index contributed by atoms with van der Waals surface area (Å²) in [7, 11) is 0. The van der Waals surface area contributed by atoms with Gasteiger partial charge in [0, 0.05) is 19.9 Å². The molecule has 27 heavy (non-hydrogen) atoms. The summed E-state index contributed by atoms with van der Waals surface area (Å²) >= 11 is 0. The molecule has 0 saturated carbocycles. The molecule has 0 aromatic carbocycles. The summed E-state index contributed by atoms with van der Waals surface area (Å²) in [6.45, 7) is 8.51. The Morgan fingerprint density at radius 3 is 2.15 bits per heavy atom. The van der Waals surface area contributed by atoms with Crippen LogP contribution in [0, 0.1) is 11.8 Å². The summed E-state index contributed by atoms with van der Waals surface area (Å²) in [5, 5.41) is 24.1. The summed E-state index contributed by atoms with van der Waals surface area (Å²) in [6, 6.07) is -2.84. The summed E-state index contributed by atoms with van der Waals surface area (Å²) < 4.78 is 0. The fourth-order valence-corrected chi connectivity index (χ4v) is 3.15. The SMILES string of the molecule is CC(=O)N1C[C@@H](O)C[C@H]1C(=O)N[C@@H](CC(C)C)C(=O)N[C@H](C(=O)O)C(C)C. The highest BCUT2D eigenvalue weighted by molar-refractivity contribution is 5.93.